The summed E-state index contributed by atoms with van der Waals surface area (Å²) in [6, 6.07) is 6.46. The molecule has 0 radical (unpaired) electrons. The van der Waals surface area contributed by atoms with E-state index in [-0.39, 0.29) is 35.7 Å². The van der Waals surface area contributed by atoms with Crippen LogP contribution in [0.3, 0.4) is 0 Å². The van der Waals surface area contributed by atoms with Gasteiger partial charge < -0.3 is 25.0 Å². The molecule has 14 heteroatoms. The first-order chi connectivity index (χ1) is 24.0. The highest BCUT2D eigenvalue weighted by Gasteiger charge is 2.50. The van der Waals surface area contributed by atoms with E-state index in [1.807, 2.05) is 16.8 Å². The van der Waals surface area contributed by atoms with Gasteiger partial charge in [-0.2, -0.15) is 20.3 Å². The van der Waals surface area contributed by atoms with E-state index in [0.717, 1.165) is 60.3 Å². The molecule has 5 aliphatic rings. The molecule has 12 nitrogen and oxygen atoms in total. The number of benzene rings is 1. The van der Waals surface area contributed by atoms with Crippen LogP contribution in [0.15, 0.2) is 12.1 Å². The molecule has 2 fully saturated rings. The van der Waals surface area contributed by atoms with E-state index in [4.69, 9.17) is 36.8 Å². The first-order valence-electron chi connectivity index (χ1n) is 17.6. The van der Waals surface area contributed by atoms with E-state index in [9.17, 15) is 14.4 Å². The number of halogens is 2. The molecule has 1 aliphatic carbocycles. The van der Waals surface area contributed by atoms with Crippen molar-refractivity contribution in [3.05, 3.63) is 56.5 Å². The van der Waals surface area contributed by atoms with Crippen molar-refractivity contribution >= 4 is 29.0 Å². The van der Waals surface area contributed by atoms with Crippen LogP contribution in [0.5, 0.6) is 6.01 Å². The van der Waals surface area contributed by atoms with Gasteiger partial charge in [-0.05, 0) is 56.2 Å². The summed E-state index contributed by atoms with van der Waals surface area (Å²) in [7, 11) is 3.36. The molecule has 264 valence electrons. The lowest BCUT2D eigenvalue weighted by Crippen LogP contribution is -2.44. The van der Waals surface area contributed by atoms with Crippen LogP contribution in [-0.4, -0.2) is 87.5 Å². The summed E-state index contributed by atoms with van der Waals surface area (Å²) in [6.45, 7) is 5.63. The van der Waals surface area contributed by atoms with E-state index in [1.54, 1.807) is 14.1 Å². The Morgan fingerprint density at radius 1 is 1.24 bits per heavy atom. The van der Waals surface area contributed by atoms with Crippen LogP contribution in [0.1, 0.15) is 95.5 Å². The minimum absolute atomic E-state index is 0.230. The number of hydrogen-bond acceptors (Lipinski definition) is 10. The molecule has 8 rings (SSSR count). The molecule has 0 saturated carbocycles. The second kappa shape index (κ2) is 12.4. The van der Waals surface area contributed by atoms with Crippen molar-refractivity contribution in [1.29, 1.82) is 5.26 Å². The number of nitriles is 1. The normalized spacial score (nSPS) is 27.2. The smallest absolute Gasteiger partial charge is 0.318 e. The van der Waals surface area contributed by atoms with Gasteiger partial charge in [0.1, 0.15) is 30.3 Å². The fraction of sp³-hybridized carbons (Fsp3) is 0.583. The lowest BCUT2D eigenvalue weighted by atomic mass is 9.69. The molecular weight excluding hydrogens is 661 g/mol. The summed E-state index contributed by atoms with van der Waals surface area (Å²) in [5, 5.41) is 15.2. The molecule has 6 heterocycles. The molecule has 1 amide bonds. The standard InChI is InChI=1S/C36H43ClFN9O3/c1-21-8-10-36(29-23(21)6-7-26(40)24(29)16-39)15-27-25(19-50-36)32(42-34(41-27)49-20-35-9-4-12-46(35)17-22(38)14-35)45-11-5-13-47-28(18-45)30(37)31(43-47)33(48)44(2)3/h6-7,21-22H,4-5,8-15,17-20,40H2,1-3H3. The number of aromatic nitrogens is 4. The SMILES string of the molecule is CC1CCC2(Cc3nc(OCC45CCCN4CC(F)C5)nc(N4CCCn5nc(C(=O)N(C)C)c(Cl)c5C4)c3CO2)c2c1ccc(N)c2C#N. The Labute approximate surface area is 296 Å². The van der Waals surface area contributed by atoms with Crippen molar-refractivity contribution < 1.29 is 18.7 Å². The third-order valence-electron chi connectivity index (χ3n) is 11.6. The predicted molar refractivity (Wildman–Crippen MR) is 185 cm³/mol. The van der Waals surface area contributed by atoms with Crippen LogP contribution in [0.2, 0.25) is 5.02 Å². The van der Waals surface area contributed by atoms with Crippen molar-refractivity contribution in [2.75, 3.05) is 51.0 Å². The Morgan fingerprint density at radius 2 is 2.08 bits per heavy atom. The zero-order valence-electron chi connectivity index (χ0n) is 28.8. The lowest BCUT2D eigenvalue weighted by Gasteiger charge is -2.45. The summed E-state index contributed by atoms with van der Waals surface area (Å²) >= 11 is 6.85. The summed E-state index contributed by atoms with van der Waals surface area (Å²) in [5.74, 6) is 0.681. The fourth-order valence-corrected chi connectivity index (χ4v) is 9.29. The number of nitrogens with two attached hydrogens (primary N) is 1. The van der Waals surface area contributed by atoms with Gasteiger partial charge in [0, 0.05) is 63.4 Å². The van der Waals surface area contributed by atoms with Crippen molar-refractivity contribution in [3.8, 4) is 12.1 Å². The average molecular weight is 704 g/mol. The number of anilines is 2. The van der Waals surface area contributed by atoms with Gasteiger partial charge >= 0.3 is 6.01 Å². The van der Waals surface area contributed by atoms with E-state index >= 15 is 0 Å². The number of amides is 1. The zero-order valence-corrected chi connectivity index (χ0v) is 29.6. The first-order valence-corrected chi connectivity index (χ1v) is 18.0. The van der Waals surface area contributed by atoms with Gasteiger partial charge in [-0.1, -0.05) is 24.6 Å². The molecule has 1 aromatic carbocycles. The number of fused-ring (bicyclic) bond motifs is 5. The van der Waals surface area contributed by atoms with E-state index in [2.05, 4.69) is 27.9 Å². The van der Waals surface area contributed by atoms with Gasteiger partial charge in [-0.25, -0.2) is 4.39 Å². The highest BCUT2D eigenvalue weighted by atomic mass is 35.5. The zero-order chi connectivity index (χ0) is 34.9. The molecule has 4 atom stereocenters. The number of carbonyl (C=O) groups is 1. The Morgan fingerprint density at radius 3 is 2.88 bits per heavy atom. The Balaban J connectivity index is 1.20. The molecular formula is C36H43ClFN9O3. The highest BCUT2D eigenvalue weighted by molar-refractivity contribution is 6.34. The third kappa shape index (κ3) is 5.29. The number of carbonyl (C=O) groups excluding carboxylic acids is 1. The van der Waals surface area contributed by atoms with Crippen LogP contribution in [0.25, 0.3) is 0 Å². The quantitative estimate of drug-likeness (QED) is 0.372. The Kier molecular flexibility index (Phi) is 8.19. The molecule has 2 saturated heterocycles. The fourth-order valence-electron chi connectivity index (χ4n) is 9.01. The van der Waals surface area contributed by atoms with Crippen molar-refractivity contribution in [3.63, 3.8) is 0 Å². The van der Waals surface area contributed by atoms with Gasteiger partial charge in [0.25, 0.3) is 5.91 Å². The number of nitrogens with zero attached hydrogens (tertiary/aromatic N) is 8. The molecule has 50 heavy (non-hydrogen) atoms. The topological polar surface area (TPSA) is 139 Å². The molecule has 1 spiro atoms. The maximum absolute atomic E-state index is 14.7. The van der Waals surface area contributed by atoms with Crippen molar-refractivity contribution in [2.45, 2.75) is 94.8 Å². The number of ether oxygens (including phenoxy) is 2. The highest BCUT2D eigenvalue weighted by Crippen LogP contribution is 2.51. The number of rotatable bonds is 5. The van der Waals surface area contributed by atoms with Gasteiger partial charge in [0.15, 0.2) is 5.69 Å². The van der Waals surface area contributed by atoms with Crippen LogP contribution >= 0.6 is 11.6 Å². The molecule has 4 unspecified atom stereocenters. The number of alkyl halides is 1. The van der Waals surface area contributed by atoms with Gasteiger partial charge in [0.2, 0.25) is 0 Å². The van der Waals surface area contributed by atoms with Crippen LogP contribution in [-0.2, 0) is 36.5 Å². The monoisotopic (exact) mass is 703 g/mol. The summed E-state index contributed by atoms with van der Waals surface area (Å²) in [6.07, 6.45) is 4.22. The van der Waals surface area contributed by atoms with Crippen LogP contribution < -0.4 is 15.4 Å². The number of aryl methyl sites for hydroxylation is 1. The van der Waals surface area contributed by atoms with Gasteiger partial charge in [-0.3, -0.25) is 14.4 Å². The molecule has 3 aromatic rings. The van der Waals surface area contributed by atoms with Crippen LogP contribution in [0, 0.1) is 11.3 Å². The number of hydrogen-bond donors (Lipinski definition) is 1. The Hall–Kier alpha value is -3.99. The van der Waals surface area contributed by atoms with Crippen molar-refractivity contribution in [1.82, 2.24) is 29.5 Å². The second-order valence-electron chi connectivity index (χ2n) is 14.9. The largest absolute Gasteiger partial charge is 0.461 e. The lowest BCUT2D eigenvalue weighted by molar-refractivity contribution is -0.0873. The van der Waals surface area contributed by atoms with E-state index in [0.29, 0.717) is 74.1 Å². The minimum Gasteiger partial charge on any atom is -0.461 e. The molecule has 2 aromatic heterocycles. The summed E-state index contributed by atoms with van der Waals surface area (Å²) in [5.41, 5.74) is 10.7. The van der Waals surface area contributed by atoms with Crippen LogP contribution in [0.4, 0.5) is 15.9 Å². The third-order valence-corrected chi connectivity index (χ3v) is 12.0. The molecule has 0 bridgehead atoms. The second-order valence-corrected chi connectivity index (χ2v) is 15.3. The molecule has 2 N–H and O–H groups in total. The molecule has 4 aliphatic heterocycles. The Bertz CT molecular complexity index is 1910. The summed E-state index contributed by atoms with van der Waals surface area (Å²) in [4.78, 5) is 28.8. The van der Waals surface area contributed by atoms with E-state index < -0.39 is 11.8 Å². The predicted octanol–water partition coefficient (Wildman–Crippen LogP) is 4.71. The minimum atomic E-state index is -0.873. The average Bonchev–Trinajstić information content (AvgIpc) is 3.67. The first kappa shape index (κ1) is 33.2. The van der Waals surface area contributed by atoms with E-state index in [1.165, 1.54) is 4.90 Å². The van der Waals surface area contributed by atoms with Gasteiger partial charge in [0.05, 0.1) is 40.7 Å². The maximum Gasteiger partial charge on any atom is 0.318 e. The van der Waals surface area contributed by atoms with Crippen molar-refractivity contribution in [2.24, 2.45) is 0 Å². The number of nitrogen functional groups attached to an aromatic ring is 1. The van der Waals surface area contributed by atoms with Gasteiger partial charge in [-0.15, -0.1) is 0 Å². The summed E-state index contributed by atoms with van der Waals surface area (Å²) < 4.78 is 29.8. The maximum atomic E-state index is 14.7.